The molecule has 1 aromatic carbocycles. The summed E-state index contributed by atoms with van der Waals surface area (Å²) in [5.74, 6) is 0.126. The van der Waals surface area contributed by atoms with E-state index in [9.17, 15) is 26.7 Å². The second kappa shape index (κ2) is 8.45. The van der Waals surface area contributed by atoms with Crippen molar-refractivity contribution in [1.29, 1.82) is 0 Å². The van der Waals surface area contributed by atoms with E-state index in [4.69, 9.17) is 0 Å². The van der Waals surface area contributed by atoms with E-state index >= 15 is 0 Å². The van der Waals surface area contributed by atoms with Gasteiger partial charge in [0.15, 0.2) is 5.84 Å². The Morgan fingerprint density at radius 3 is 2.62 bits per heavy atom. The summed E-state index contributed by atoms with van der Waals surface area (Å²) in [5, 5.41) is 13.9. The predicted molar refractivity (Wildman–Crippen MR) is 139 cm³/mol. The van der Waals surface area contributed by atoms with Crippen LogP contribution in [0.25, 0.3) is 0 Å². The van der Waals surface area contributed by atoms with Crippen LogP contribution in [0.15, 0.2) is 38.8 Å². The molecule has 10 nitrogen and oxygen atoms in total. The average molecular weight is 549 g/mol. The third-order valence-corrected chi connectivity index (χ3v) is 11.6. The quantitative estimate of drug-likeness (QED) is 0.474. The van der Waals surface area contributed by atoms with Crippen LogP contribution < -0.4 is 10.0 Å². The van der Waals surface area contributed by atoms with Gasteiger partial charge in [0, 0.05) is 24.2 Å². The Morgan fingerprint density at radius 2 is 1.92 bits per heavy atom. The average Bonchev–Trinajstić information content (AvgIpc) is 3.49. The van der Waals surface area contributed by atoms with Crippen molar-refractivity contribution in [1.82, 2.24) is 4.90 Å². The molecule has 2 heterocycles. The van der Waals surface area contributed by atoms with Crippen LogP contribution in [0.3, 0.4) is 0 Å². The zero-order chi connectivity index (χ0) is 26.3. The van der Waals surface area contributed by atoms with Gasteiger partial charge in [0.05, 0.1) is 10.9 Å². The number of amidine groups is 1. The zero-order valence-corrected chi connectivity index (χ0v) is 22.5. The number of hydrogen-bond donors (Lipinski definition) is 3. The monoisotopic (exact) mass is 548 g/mol. The third kappa shape index (κ3) is 4.12. The lowest BCUT2D eigenvalue weighted by molar-refractivity contribution is -0.133. The van der Waals surface area contributed by atoms with Gasteiger partial charge in [0.25, 0.3) is 15.9 Å². The van der Waals surface area contributed by atoms with Gasteiger partial charge in [-0.2, -0.15) is 8.42 Å². The van der Waals surface area contributed by atoms with Crippen LogP contribution in [-0.2, 0) is 24.8 Å². The molecule has 1 amide bonds. The lowest BCUT2D eigenvalue weighted by Crippen LogP contribution is -2.54. The number of benzene rings is 1. The summed E-state index contributed by atoms with van der Waals surface area (Å²) in [5.41, 5.74) is 0.233. The molecule has 1 aromatic rings. The third-order valence-electron chi connectivity index (χ3n) is 8.41. The number of aliphatic hydroxyl groups is 1. The Bertz CT molecular complexity index is 1450. The molecule has 0 saturated heterocycles. The molecule has 0 radical (unpaired) electrons. The number of carbonyl (C=O) groups excluding carboxylic acids is 1. The molecule has 0 aromatic heterocycles. The minimum atomic E-state index is -4.27. The Kier molecular flexibility index (Phi) is 5.65. The maximum Gasteiger partial charge on any atom is 0.286 e. The normalized spacial score (nSPS) is 30.2. The highest BCUT2D eigenvalue weighted by Crippen LogP contribution is 2.55. The van der Waals surface area contributed by atoms with E-state index in [2.05, 4.69) is 28.3 Å². The molecule has 3 fully saturated rings. The van der Waals surface area contributed by atoms with E-state index in [0.29, 0.717) is 31.2 Å². The second-order valence-electron chi connectivity index (χ2n) is 11.4. The highest BCUT2D eigenvalue weighted by molar-refractivity contribution is 7.93. The Morgan fingerprint density at radius 1 is 1.19 bits per heavy atom. The standard InChI is InChI=1S/C25H32N4O6S2/c1-13(2)9-10-29-22-15-4-3-14(11-15)20(22)23(30)21(25(29)31)24-26-18-8-5-16(12-19(18)37(34,35)28-24)27-36(32,33)17-6-7-17/h5,8,12-15,17,20,22,27,30H,3-4,6-7,9-11H2,1-2H3,(H,26,28)/t14-,15?,20+,22-/m0/s1. The first-order valence-electron chi connectivity index (χ1n) is 13.0. The number of nitrogens with zero attached hydrogens (tertiary/aromatic N) is 2. The van der Waals surface area contributed by atoms with E-state index in [1.54, 1.807) is 0 Å². The molecule has 3 aliphatic carbocycles. The summed E-state index contributed by atoms with van der Waals surface area (Å²) in [6, 6.07) is 4.09. The molecule has 5 aliphatic rings. The smallest absolute Gasteiger partial charge is 0.286 e. The molecule has 3 N–H and O–H groups in total. The fraction of sp³-hybridized carbons (Fsp3) is 0.600. The van der Waals surface area contributed by atoms with Crippen LogP contribution in [-0.4, -0.2) is 56.4 Å². The Balaban J connectivity index is 1.36. The molecule has 6 rings (SSSR count). The SMILES string of the molecule is CC(C)CCN1C(=O)C(C2=NS(=O)(=O)c3cc(NS(=O)(=O)C4CC4)ccc3N2)=C(O)[C@@H]2[C@H]3CCC(C3)[C@@H]21. The van der Waals surface area contributed by atoms with Crippen LogP contribution in [0.5, 0.6) is 0 Å². The van der Waals surface area contributed by atoms with E-state index in [1.807, 2.05) is 4.90 Å². The molecule has 200 valence electrons. The fourth-order valence-corrected chi connectivity index (χ4v) is 9.00. The Hall–Kier alpha value is -2.60. The van der Waals surface area contributed by atoms with Gasteiger partial charge in [-0.15, -0.1) is 4.40 Å². The van der Waals surface area contributed by atoms with Crippen molar-refractivity contribution >= 4 is 43.2 Å². The van der Waals surface area contributed by atoms with E-state index in [-0.39, 0.29) is 51.3 Å². The molecular formula is C25H32N4O6S2. The number of aliphatic hydroxyl groups excluding tert-OH is 1. The second-order valence-corrected chi connectivity index (χ2v) is 14.9. The first-order chi connectivity index (χ1) is 17.5. The first kappa shape index (κ1) is 24.7. The van der Waals surface area contributed by atoms with Gasteiger partial charge in [-0.25, -0.2) is 8.42 Å². The molecule has 12 heteroatoms. The predicted octanol–water partition coefficient (Wildman–Crippen LogP) is 3.22. The van der Waals surface area contributed by atoms with E-state index < -0.39 is 31.2 Å². The van der Waals surface area contributed by atoms with Crippen LogP contribution in [0.4, 0.5) is 11.4 Å². The van der Waals surface area contributed by atoms with Crippen molar-refractivity contribution in [2.24, 2.45) is 28.1 Å². The molecule has 4 atom stereocenters. The van der Waals surface area contributed by atoms with Crippen LogP contribution in [0, 0.1) is 23.7 Å². The van der Waals surface area contributed by atoms with Gasteiger partial charge in [0.1, 0.15) is 16.2 Å². The summed E-state index contributed by atoms with van der Waals surface area (Å²) in [7, 11) is -7.84. The zero-order valence-electron chi connectivity index (χ0n) is 20.8. The first-order valence-corrected chi connectivity index (χ1v) is 16.0. The molecule has 3 saturated carbocycles. The molecular weight excluding hydrogens is 516 g/mol. The number of amides is 1. The lowest BCUT2D eigenvalue weighted by atomic mass is 9.77. The highest BCUT2D eigenvalue weighted by atomic mass is 32.2. The number of anilines is 2. The lowest BCUT2D eigenvalue weighted by Gasteiger charge is -2.44. The fourth-order valence-electron chi connectivity index (χ4n) is 6.48. The van der Waals surface area contributed by atoms with Crippen LogP contribution >= 0.6 is 0 Å². The maximum atomic E-state index is 13.8. The topological polar surface area (TPSA) is 145 Å². The minimum absolute atomic E-state index is 0.0658. The number of nitrogens with one attached hydrogen (secondary N) is 2. The molecule has 0 spiro atoms. The van der Waals surface area contributed by atoms with Gasteiger partial charge in [0.2, 0.25) is 10.0 Å². The largest absolute Gasteiger partial charge is 0.511 e. The molecule has 37 heavy (non-hydrogen) atoms. The molecule has 1 unspecified atom stereocenters. The van der Waals surface area contributed by atoms with Crippen LogP contribution in [0.2, 0.25) is 0 Å². The van der Waals surface area contributed by atoms with Gasteiger partial charge < -0.3 is 15.3 Å². The number of hydrogen-bond acceptors (Lipinski definition) is 7. The van der Waals surface area contributed by atoms with Gasteiger partial charge in [-0.3, -0.25) is 9.52 Å². The number of carbonyl (C=O) groups is 1. The van der Waals surface area contributed by atoms with Gasteiger partial charge in [-0.05, 0) is 74.5 Å². The van der Waals surface area contributed by atoms with Gasteiger partial charge >= 0.3 is 0 Å². The van der Waals surface area contributed by atoms with Gasteiger partial charge in [-0.1, -0.05) is 13.8 Å². The van der Waals surface area contributed by atoms with Crippen molar-refractivity contribution in [3.63, 3.8) is 0 Å². The summed E-state index contributed by atoms with van der Waals surface area (Å²) in [4.78, 5) is 15.4. The van der Waals surface area contributed by atoms with Crippen molar-refractivity contribution in [3.8, 4) is 0 Å². The summed E-state index contributed by atoms with van der Waals surface area (Å²) in [6.07, 6.45) is 4.94. The van der Waals surface area contributed by atoms with Crippen molar-refractivity contribution in [3.05, 3.63) is 29.5 Å². The molecule has 2 aliphatic heterocycles. The van der Waals surface area contributed by atoms with Crippen molar-refractivity contribution < 1.29 is 26.7 Å². The summed E-state index contributed by atoms with van der Waals surface area (Å²) >= 11 is 0. The van der Waals surface area contributed by atoms with E-state index in [0.717, 1.165) is 25.7 Å². The van der Waals surface area contributed by atoms with Crippen LogP contribution in [0.1, 0.15) is 52.4 Å². The number of fused-ring (bicyclic) bond motifs is 6. The number of rotatable bonds is 7. The Labute approximate surface area is 217 Å². The van der Waals surface area contributed by atoms with E-state index in [1.165, 1.54) is 18.2 Å². The maximum absolute atomic E-state index is 13.8. The molecule has 2 bridgehead atoms. The summed E-state index contributed by atoms with van der Waals surface area (Å²) in [6.45, 7) is 4.73. The number of sulfonamides is 2. The highest BCUT2D eigenvalue weighted by Gasteiger charge is 2.57. The van der Waals surface area contributed by atoms with Crippen molar-refractivity contribution in [2.45, 2.75) is 68.6 Å². The summed E-state index contributed by atoms with van der Waals surface area (Å²) < 4.78 is 57.4. The minimum Gasteiger partial charge on any atom is -0.511 e. The van der Waals surface area contributed by atoms with Crippen molar-refractivity contribution in [2.75, 3.05) is 16.6 Å².